The third-order valence-electron chi connectivity index (χ3n) is 4.90. The Bertz CT molecular complexity index is 1100. The van der Waals surface area contributed by atoms with E-state index in [0.29, 0.717) is 11.1 Å². The number of carboxylic acid groups (broad SMARTS) is 1. The Kier molecular flexibility index (Phi) is 3.92. The van der Waals surface area contributed by atoms with Crippen molar-refractivity contribution in [1.82, 2.24) is 0 Å². The van der Waals surface area contributed by atoms with Crippen molar-refractivity contribution >= 4 is 34.0 Å². The van der Waals surface area contributed by atoms with Crippen LogP contribution in [-0.2, 0) is 4.79 Å². The zero-order chi connectivity index (χ0) is 18.3. The molecule has 3 aromatic rings. The standard InChI is InChI=1S/C23H17FO2/c1-14-20(11-16-7-4-6-15-5-2-3-8-18(15)16)19-10-9-17(24)12-22(19)21(14)13-23(25)26/h2-12H,13H2,1H3,(H,25,26)/b20-11-. The molecular weight excluding hydrogens is 327 g/mol. The Morgan fingerprint density at radius 2 is 1.81 bits per heavy atom. The summed E-state index contributed by atoms with van der Waals surface area (Å²) >= 11 is 0. The van der Waals surface area contributed by atoms with Gasteiger partial charge in [-0.05, 0) is 69.3 Å². The van der Waals surface area contributed by atoms with Crippen LogP contribution in [0.3, 0.4) is 0 Å². The molecule has 0 bridgehead atoms. The van der Waals surface area contributed by atoms with E-state index in [1.807, 2.05) is 31.2 Å². The average Bonchev–Trinajstić information content (AvgIpc) is 2.87. The Labute approximate surface area is 150 Å². The molecule has 128 valence electrons. The number of benzene rings is 3. The van der Waals surface area contributed by atoms with Crippen molar-refractivity contribution in [3.8, 4) is 0 Å². The molecule has 0 unspecified atom stereocenters. The number of fused-ring (bicyclic) bond motifs is 2. The van der Waals surface area contributed by atoms with E-state index in [-0.39, 0.29) is 12.2 Å². The van der Waals surface area contributed by atoms with Gasteiger partial charge in [0.25, 0.3) is 0 Å². The molecule has 0 amide bonds. The molecule has 0 spiro atoms. The first kappa shape index (κ1) is 16.3. The zero-order valence-corrected chi connectivity index (χ0v) is 14.3. The van der Waals surface area contributed by atoms with Crippen LogP contribution in [-0.4, -0.2) is 11.1 Å². The molecule has 3 aromatic carbocycles. The smallest absolute Gasteiger partial charge is 0.307 e. The van der Waals surface area contributed by atoms with Crippen molar-refractivity contribution in [3.63, 3.8) is 0 Å². The summed E-state index contributed by atoms with van der Waals surface area (Å²) in [5, 5.41) is 11.5. The van der Waals surface area contributed by atoms with E-state index in [9.17, 15) is 14.3 Å². The molecule has 0 saturated heterocycles. The molecule has 1 aliphatic carbocycles. The maximum atomic E-state index is 13.8. The highest BCUT2D eigenvalue weighted by atomic mass is 19.1. The topological polar surface area (TPSA) is 37.3 Å². The molecule has 3 heteroatoms. The minimum Gasteiger partial charge on any atom is -0.481 e. The first-order valence-electron chi connectivity index (χ1n) is 8.46. The van der Waals surface area contributed by atoms with Crippen LogP contribution in [0.25, 0.3) is 28.0 Å². The lowest BCUT2D eigenvalue weighted by molar-refractivity contribution is -0.135. The summed E-state index contributed by atoms with van der Waals surface area (Å²) in [7, 11) is 0. The predicted molar refractivity (Wildman–Crippen MR) is 103 cm³/mol. The normalized spacial score (nSPS) is 14.9. The Hall–Kier alpha value is -3.20. The van der Waals surface area contributed by atoms with Gasteiger partial charge >= 0.3 is 5.97 Å². The van der Waals surface area contributed by atoms with Gasteiger partial charge in [0.2, 0.25) is 0 Å². The van der Waals surface area contributed by atoms with E-state index in [2.05, 4.69) is 24.3 Å². The van der Waals surface area contributed by atoms with Crippen LogP contribution in [0.4, 0.5) is 4.39 Å². The lowest BCUT2D eigenvalue weighted by Gasteiger charge is -2.07. The summed E-state index contributed by atoms with van der Waals surface area (Å²) in [6, 6.07) is 18.8. The summed E-state index contributed by atoms with van der Waals surface area (Å²) < 4.78 is 13.8. The van der Waals surface area contributed by atoms with Crippen LogP contribution in [0.1, 0.15) is 30.0 Å². The highest BCUT2D eigenvalue weighted by Crippen LogP contribution is 2.44. The van der Waals surface area contributed by atoms with Crippen molar-refractivity contribution in [3.05, 3.63) is 88.7 Å². The lowest BCUT2D eigenvalue weighted by Crippen LogP contribution is -1.97. The zero-order valence-electron chi connectivity index (χ0n) is 14.3. The lowest BCUT2D eigenvalue weighted by atomic mass is 9.97. The van der Waals surface area contributed by atoms with Crippen LogP contribution in [0.15, 0.2) is 66.2 Å². The molecule has 0 atom stereocenters. The molecule has 0 aliphatic heterocycles. The molecule has 26 heavy (non-hydrogen) atoms. The van der Waals surface area contributed by atoms with Gasteiger partial charge in [-0.25, -0.2) is 4.39 Å². The van der Waals surface area contributed by atoms with Crippen molar-refractivity contribution < 1.29 is 14.3 Å². The fraction of sp³-hybridized carbons (Fsp3) is 0.0870. The van der Waals surface area contributed by atoms with Crippen molar-refractivity contribution in [2.75, 3.05) is 0 Å². The number of hydrogen-bond acceptors (Lipinski definition) is 1. The van der Waals surface area contributed by atoms with E-state index in [1.54, 1.807) is 6.07 Å². The Balaban J connectivity index is 1.94. The fourth-order valence-electron chi connectivity index (χ4n) is 3.66. The van der Waals surface area contributed by atoms with Gasteiger partial charge in [-0.1, -0.05) is 48.5 Å². The molecule has 0 saturated carbocycles. The molecule has 0 heterocycles. The summed E-state index contributed by atoms with van der Waals surface area (Å²) in [6.45, 7) is 1.91. The second-order valence-electron chi connectivity index (χ2n) is 6.49. The second-order valence-corrected chi connectivity index (χ2v) is 6.49. The molecule has 0 radical (unpaired) electrons. The van der Waals surface area contributed by atoms with Gasteiger partial charge in [-0.15, -0.1) is 0 Å². The molecule has 1 aliphatic rings. The van der Waals surface area contributed by atoms with Crippen LogP contribution in [0.5, 0.6) is 0 Å². The largest absolute Gasteiger partial charge is 0.481 e. The summed E-state index contributed by atoms with van der Waals surface area (Å²) in [5.41, 5.74) is 5.14. The molecule has 2 nitrogen and oxygen atoms in total. The van der Waals surface area contributed by atoms with E-state index in [4.69, 9.17) is 0 Å². The van der Waals surface area contributed by atoms with E-state index in [0.717, 1.165) is 33.0 Å². The van der Waals surface area contributed by atoms with E-state index >= 15 is 0 Å². The van der Waals surface area contributed by atoms with Crippen LogP contribution in [0, 0.1) is 5.82 Å². The third kappa shape index (κ3) is 2.72. The average molecular weight is 344 g/mol. The number of hydrogen-bond donors (Lipinski definition) is 1. The summed E-state index contributed by atoms with van der Waals surface area (Å²) in [6.07, 6.45) is 1.96. The van der Waals surface area contributed by atoms with Crippen molar-refractivity contribution in [1.29, 1.82) is 0 Å². The Morgan fingerprint density at radius 1 is 1.04 bits per heavy atom. The fourth-order valence-corrected chi connectivity index (χ4v) is 3.66. The van der Waals surface area contributed by atoms with Crippen molar-refractivity contribution in [2.24, 2.45) is 0 Å². The van der Waals surface area contributed by atoms with Crippen LogP contribution in [0.2, 0.25) is 0 Å². The van der Waals surface area contributed by atoms with Gasteiger partial charge in [0.1, 0.15) is 5.82 Å². The molecule has 0 aromatic heterocycles. The summed E-state index contributed by atoms with van der Waals surface area (Å²) in [4.78, 5) is 11.3. The van der Waals surface area contributed by atoms with E-state index in [1.165, 1.54) is 12.1 Å². The van der Waals surface area contributed by atoms with Gasteiger partial charge in [-0.3, -0.25) is 4.79 Å². The summed E-state index contributed by atoms with van der Waals surface area (Å²) in [5.74, 6) is -1.27. The molecule has 1 N–H and O–H groups in total. The number of carbonyl (C=O) groups is 1. The Morgan fingerprint density at radius 3 is 2.62 bits per heavy atom. The molecule has 0 fully saturated rings. The van der Waals surface area contributed by atoms with E-state index < -0.39 is 5.97 Å². The van der Waals surface area contributed by atoms with Gasteiger partial charge in [-0.2, -0.15) is 0 Å². The maximum absolute atomic E-state index is 13.8. The van der Waals surface area contributed by atoms with Crippen LogP contribution >= 0.6 is 0 Å². The second kappa shape index (κ2) is 6.26. The first-order valence-corrected chi connectivity index (χ1v) is 8.46. The maximum Gasteiger partial charge on any atom is 0.307 e. The van der Waals surface area contributed by atoms with Crippen molar-refractivity contribution in [2.45, 2.75) is 13.3 Å². The number of aliphatic carboxylic acids is 1. The van der Waals surface area contributed by atoms with Gasteiger partial charge in [0.05, 0.1) is 6.42 Å². The minimum absolute atomic E-state index is 0.116. The SMILES string of the molecule is CC1=C(CC(=O)O)c2cc(F)ccc2/C1=C\c1cccc2ccccc12. The third-order valence-corrected chi connectivity index (χ3v) is 4.90. The van der Waals surface area contributed by atoms with Gasteiger partial charge in [0.15, 0.2) is 0 Å². The minimum atomic E-state index is -0.916. The van der Waals surface area contributed by atoms with Gasteiger partial charge in [0, 0.05) is 0 Å². The highest BCUT2D eigenvalue weighted by molar-refractivity contribution is 6.09. The quantitative estimate of drug-likeness (QED) is 0.654. The monoisotopic (exact) mass is 344 g/mol. The number of halogens is 1. The first-order chi connectivity index (χ1) is 12.5. The number of carboxylic acids is 1. The highest BCUT2D eigenvalue weighted by Gasteiger charge is 2.25. The number of rotatable bonds is 3. The van der Waals surface area contributed by atoms with Crippen LogP contribution < -0.4 is 0 Å². The molecule has 4 rings (SSSR count). The van der Waals surface area contributed by atoms with Gasteiger partial charge < -0.3 is 5.11 Å². The number of allylic oxidation sites excluding steroid dienone is 2. The molecular formula is C23H17FO2. The predicted octanol–water partition coefficient (Wildman–Crippen LogP) is 5.78.